The number of H-pyrrole nitrogens is 1. The summed E-state index contributed by atoms with van der Waals surface area (Å²) in [4.78, 5) is 18.9. The van der Waals surface area contributed by atoms with E-state index in [9.17, 15) is 4.79 Å². The first-order valence-corrected chi connectivity index (χ1v) is 8.17. The highest BCUT2D eigenvalue weighted by Crippen LogP contribution is 2.26. The minimum atomic E-state index is -0.290. The summed E-state index contributed by atoms with van der Waals surface area (Å²) >= 11 is 0. The molecule has 23 heavy (non-hydrogen) atoms. The van der Waals surface area contributed by atoms with Crippen LogP contribution in [0, 0.1) is 11.3 Å². The van der Waals surface area contributed by atoms with Crippen LogP contribution < -0.4 is 0 Å². The van der Waals surface area contributed by atoms with Crippen molar-refractivity contribution < 1.29 is 4.79 Å². The smallest absolute Gasteiger partial charge is 0.227 e. The minimum absolute atomic E-state index is 0.257. The maximum absolute atomic E-state index is 12.3. The van der Waals surface area contributed by atoms with Crippen molar-refractivity contribution in [1.29, 1.82) is 0 Å². The first-order valence-electron chi connectivity index (χ1n) is 8.17. The third kappa shape index (κ3) is 3.60. The molecule has 1 atom stereocenters. The zero-order valence-corrected chi connectivity index (χ0v) is 14.0. The Labute approximate surface area is 137 Å². The fourth-order valence-electron chi connectivity index (χ4n) is 3.09. The number of hydrogen-bond acceptors (Lipinski definition) is 3. The summed E-state index contributed by atoms with van der Waals surface area (Å²) in [7, 11) is 0. The van der Waals surface area contributed by atoms with Gasteiger partial charge in [-0.05, 0) is 36.5 Å². The van der Waals surface area contributed by atoms with E-state index in [1.807, 2.05) is 44.0 Å². The van der Waals surface area contributed by atoms with E-state index in [4.69, 9.17) is 0 Å². The summed E-state index contributed by atoms with van der Waals surface area (Å²) in [6, 6.07) is 6.06. The zero-order valence-electron chi connectivity index (χ0n) is 14.0. The van der Waals surface area contributed by atoms with Crippen LogP contribution in [0.5, 0.6) is 0 Å². The van der Waals surface area contributed by atoms with Gasteiger partial charge in [-0.25, -0.2) is 0 Å². The largest absolute Gasteiger partial charge is 0.342 e. The van der Waals surface area contributed by atoms with Gasteiger partial charge in [0.15, 0.2) is 0 Å². The van der Waals surface area contributed by atoms with Gasteiger partial charge in [-0.2, -0.15) is 5.10 Å². The van der Waals surface area contributed by atoms with Gasteiger partial charge in [-0.1, -0.05) is 26.8 Å². The Morgan fingerprint density at radius 3 is 2.78 bits per heavy atom. The molecular weight excluding hydrogens is 288 g/mol. The second kappa shape index (κ2) is 6.14. The SMILES string of the molecule is CC(C)(C)C(=O)N1CC[C@H](Cc2ccc(-c3ccn[nH]3)nc2)C1. The van der Waals surface area contributed by atoms with Crippen molar-refractivity contribution in [2.75, 3.05) is 13.1 Å². The molecule has 3 rings (SSSR count). The second-order valence-electron chi connectivity index (χ2n) is 7.38. The molecule has 5 heteroatoms. The monoisotopic (exact) mass is 312 g/mol. The molecule has 1 N–H and O–H groups in total. The van der Waals surface area contributed by atoms with Crippen molar-refractivity contribution in [3.05, 3.63) is 36.2 Å². The average molecular weight is 312 g/mol. The molecule has 5 nitrogen and oxygen atoms in total. The number of rotatable bonds is 3. The third-order valence-corrected chi connectivity index (χ3v) is 4.34. The molecule has 2 aromatic rings. The van der Waals surface area contributed by atoms with Gasteiger partial charge in [-0.3, -0.25) is 14.9 Å². The lowest BCUT2D eigenvalue weighted by Gasteiger charge is -2.25. The fourth-order valence-corrected chi connectivity index (χ4v) is 3.09. The predicted molar refractivity (Wildman–Crippen MR) is 89.7 cm³/mol. The van der Waals surface area contributed by atoms with E-state index in [-0.39, 0.29) is 11.3 Å². The van der Waals surface area contributed by atoms with Gasteiger partial charge in [0, 0.05) is 30.9 Å². The summed E-state index contributed by atoms with van der Waals surface area (Å²) in [5.74, 6) is 0.786. The molecule has 0 spiro atoms. The zero-order chi connectivity index (χ0) is 16.4. The van der Waals surface area contributed by atoms with E-state index in [2.05, 4.69) is 21.2 Å². The first kappa shape index (κ1) is 15.7. The summed E-state index contributed by atoms with van der Waals surface area (Å²) in [6.07, 6.45) is 5.71. The van der Waals surface area contributed by atoms with Gasteiger partial charge in [0.25, 0.3) is 0 Å². The van der Waals surface area contributed by atoms with Crippen LogP contribution in [0.2, 0.25) is 0 Å². The predicted octanol–water partition coefficient (Wildman–Crippen LogP) is 2.91. The van der Waals surface area contributed by atoms with Gasteiger partial charge in [0.1, 0.15) is 0 Å². The summed E-state index contributed by atoms with van der Waals surface area (Å²) in [6.45, 7) is 7.70. The Bertz CT molecular complexity index is 655. The normalized spacial score (nSPS) is 18.4. The molecule has 0 aliphatic carbocycles. The number of pyridine rings is 1. The topological polar surface area (TPSA) is 61.9 Å². The minimum Gasteiger partial charge on any atom is -0.342 e. The summed E-state index contributed by atoms with van der Waals surface area (Å²) in [5, 5.41) is 6.87. The maximum atomic E-state index is 12.3. The van der Waals surface area contributed by atoms with Gasteiger partial charge < -0.3 is 4.90 Å². The first-order chi connectivity index (χ1) is 10.9. The average Bonchev–Trinajstić information content (AvgIpc) is 3.17. The Balaban J connectivity index is 1.59. The molecule has 122 valence electrons. The number of carbonyl (C=O) groups is 1. The number of aromatic nitrogens is 3. The number of likely N-dealkylation sites (tertiary alicyclic amines) is 1. The highest BCUT2D eigenvalue weighted by Gasteiger charge is 2.32. The van der Waals surface area contributed by atoms with Crippen molar-refractivity contribution in [2.24, 2.45) is 11.3 Å². The van der Waals surface area contributed by atoms with Crippen molar-refractivity contribution in [3.8, 4) is 11.4 Å². The van der Waals surface area contributed by atoms with Crippen molar-refractivity contribution in [2.45, 2.75) is 33.6 Å². The molecule has 0 aromatic carbocycles. The van der Waals surface area contributed by atoms with E-state index in [1.54, 1.807) is 6.20 Å². The molecule has 1 fully saturated rings. The Hall–Kier alpha value is -2.17. The number of carbonyl (C=O) groups excluding carboxylic acids is 1. The molecule has 2 aromatic heterocycles. The molecule has 1 aliphatic rings. The quantitative estimate of drug-likeness (QED) is 0.948. The van der Waals surface area contributed by atoms with Crippen LogP contribution in [0.25, 0.3) is 11.4 Å². The molecular formula is C18H24N4O. The Kier molecular flexibility index (Phi) is 4.20. The molecule has 0 radical (unpaired) electrons. The number of aromatic amines is 1. The molecule has 0 saturated carbocycles. The maximum Gasteiger partial charge on any atom is 0.227 e. The number of hydrogen-bond donors (Lipinski definition) is 1. The third-order valence-electron chi connectivity index (χ3n) is 4.34. The molecule has 3 heterocycles. The Morgan fingerprint density at radius 2 is 2.17 bits per heavy atom. The van der Waals surface area contributed by atoms with Crippen molar-refractivity contribution in [3.63, 3.8) is 0 Å². The summed E-state index contributed by atoms with van der Waals surface area (Å²) < 4.78 is 0. The standard InChI is InChI=1S/C18H24N4O/c1-18(2,3)17(23)22-9-7-14(12-22)10-13-4-5-15(19-11-13)16-6-8-20-21-16/h4-6,8,11,14H,7,9-10,12H2,1-3H3,(H,20,21)/t14-/m1/s1. The van der Waals surface area contributed by atoms with Crippen LogP contribution in [-0.4, -0.2) is 39.1 Å². The molecule has 1 saturated heterocycles. The van der Waals surface area contributed by atoms with Crippen LogP contribution in [0.1, 0.15) is 32.8 Å². The van der Waals surface area contributed by atoms with Crippen LogP contribution in [-0.2, 0) is 11.2 Å². The lowest BCUT2D eigenvalue weighted by molar-refractivity contribution is -0.138. The number of nitrogens with one attached hydrogen (secondary N) is 1. The van der Waals surface area contributed by atoms with E-state index in [1.165, 1.54) is 5.56 Å². The molecule has 0 unspecified atom stereocenters. The van der Waals surface area contributed by atoms with Gasteiger partial charge >= 0.3 is 0 Å². The molecule has 1 aliphatic heterocycles. The highest BCUT2D eigenvalue weighted by atomic mass is 16.2. The van der Waals surface area contributed by atoms with Gasteiger partial charge in [0.2, 0.25) is 5.91 Å². The van der Waals surface area contributed by atoms with Gasteiger partial charge in [-0.15, -0.1) is 0 Å². The molecule has 1 amide bonds. The van der Waals surface area contributed by atoms with E-state index < -0.39 is 0 Å². The van der Waals surface area contributed by atoms with E-state index in [0.717, 1.165) is 37.3 Å². The van der Waals surface area contributed by atoms with Crippen LogP contribution >= 0.6 is 0 Å². The van der Waals surface area contributed by atoms with Crippen LogP contribution in [0.15, 0.2) is 30.6 Å². The van der Waals surface area contributed by atoms with E-state index >= 15 is 0 Å². The van der Waals surface area contributed by atoms with Crippen molar-refractivity contribution in [1.82, 2.24) is 20.1 Å². The van der Waals surface area contributed by atoms with Crippen molar-refractivity contribution >= 4 is 5.91 Å². The Morgan fingerprint density at radius 1 is 1.35 bits per heavy atom. The fraction of sp³-hybridized carbons (Fsp3) is 0.500. The van der Waals surface area contributed by atoms with E-state index in [0.29, 0.717) is 5.92 Å². The van der Waals surface area contributed by atoms with Crippen LogP contribution in [0.3, 0.4) is 0 Å². The van der Waals surface area contributed by atoms with Crippen LogP contribution in [0.4, 0.5) is 0 Å². The molecule has 0 bridgehead atoms. The number of nitrogens with zero attached hydrogens (tertiary/aromatic N) is 3. The second-order valence-corrected chi connectivity index (χ2v) is 7.38. The number of amides is 1. The highest BCUT2D eigenvalue weighted by molar-refractivity contribution is 5.81. The summed E-state index contributed by atoms with van der Waals surface area (Å²) in [5.41, 5.74) is 2.77. The lowest BCUT2D eigenvalue weighted by Crippen LogP contribution is -2.38. The van der Waals surface area contributed by atoms with Gasteiger partial charge in [0.05, 0.1) is 11.4 Å². The lowest BCUT2D eigenvalue weighted by atomic mass is 9.95.